The van der Waals surface area contributed by atoms with Crippen molar-refractivity contribution in [3.8, 4) is 0 Å². The first-order chi connectivity index (χ1) is 6.07. The van der Waals surface area contributed by atoms with Gasteiger partial charge in [0.1, 0.15) is 12.2 Å². The summed E-state index contributed by atoms with van der Waals surface area (Å²) in [6.07, 6.45) is -2.40. The Bertz CT molecular complexity index is 166. The van der Waals surface area contributed by atoms with E-state index in [9.17, 15) is 15.3 Å². The standard InChI is InChI=1S/C8H17NO4/c1-2-3-4-6(10)7(11)5(9)8(12)13-4/h4-8,10-12H,2-3,9H2,1H3/t4-,5+,6-,7-,8?/m1/s1. The van der Waals surface area contributed by atoms with Crippen LogP contribution >= 0.6 is 0 Å². The molecule has 0 amide bonds. The second-order valence-corrected chi connectivity index (χ2v) is 3.41. The molecule has 0 bridgehead atoms. The molecule has 5 atom stereocenters. The van der Waals surface area contributed by atoms with Gasteiger partial charge in [-0.3, -0.25) is 0 Å². The van der Waals surface area contributed by atoms with Crippen LogP contribution in [-0.2, 0) is 4.74 Å². The van der Waals surface area contributed by atoms with Crippen molar-refractivity contribution < 1.29 is 20.1 Å². The molecule has 1 unspecified atom stereocenters. The van der Waals surface area contributed by atoms with Crippen LogP contribution in [-0.4, -0.2) is 46.0 Å². The van der Waals surface area contributed by atoms with E-state index < -0.39 is 30.6 Å². The van der Waals surface area contributed by atoms with E-state index in [2.05, 4.69) is 0 Å². The van der Waals surface area contributed by atoms with E-state index >= 15 is 0 Å². The SMILES string of the molecule is CCC[C@H]1OC(O)[C@@H](N)[C@@H](O)[C@@H]1O. The van der Waals surface area contributed by atoms with Gasteiger partial charge in [-0.1, -0.05) is 13.3 Å². The van der Waals surface area contributed by atoms with Gasteiger partial charge in [-0.15, -0.1) is 0 Å². The molecule has 0 aromatic carbocycles. The molecule has 0 aromatic heterocycles. The van der Waals surface area contributed by atoms with E-state index in [1.807, 2.05) is 6.92 Å². The lowest BCUT2D eigenvalue weighted by Crippen LogP contribution is -2.60. The zero-order valence-corrected chi connectivity index (χ0v) is 7.63. The Balaban J connectivity index is 2.59. The molecule has 1 aliphatic heterocycles. The zero-order valence-electron chi connectivity index (χ0n) is 7.63. The van der Waals surface area contributed by atoms with Gasteiger partial charge >= 0.3 is 0 Å². The summed E-state index contributed by atoms with van der Waals surface area (Å²) in [4.78, 5) is 0. The van der Waals surface area contributed by atoms with Gasteiger partial charge in [-0.25, -0.2) is 0 Å². The fourth-order valence-corrected chi connectivity index (χ4v) is 1.49. The van der Waals surface area contributed by atoms with Crippen LogP contribution in [0.4, 0.5) is 0 Å². The number of rotatable bonds is 2. The van der Waals surface area contributed by atoms with Crippen LogP contribution in [0.15, 0.2) is 0 Å². The molecule has 1 saturated heterocycles. The van der Waals surface area contributed by atoms with Crippen LogP contribution < -0.4 is 5.73 Å². The quantitative estimate of drug-likeness (QED) is 0.428. The third kappa shape index (κ3) is 2.18. The van der Waals surface area contributed by atoms with Crippen LogP contribution in [0.3, 0.4) is 0 Å². The van der Waals surface area contributed by atoms with Crippen molar-refractivity contribution in [2.24, 2.45) is 5.73 Å². The third-order valence-electron chi connectivity index (χ3n) is 2.34. The number of hydrogen-bond acceptors (Lipinski definition) is 5. The van der Waals surface area contributed by atoms with Crippen molar-refractivity contribution in [1.82, 2.24) is 0 Å². The van der Waals surface area contributed by atoms with E-state index in [-0.39, 0.29) is 0 Å². The van der Waals surface area contributed by atoms with E-state index in [1.165, 1.54) is 0 Å². The number of aliphatic hydroxyl groups is 3. The molecule has 0 aliphatic carbocycles. The Kier molecular flexibility index (Phi) is 3.63. The number of hydrogen-bond donors (Lipinski definition) is 4. The van der Waals surface area contributed by atoms with Crippen LogP contribution in [0.25, 0.3) is 0 Å². The first kappa shape index (κ1) is 10.9. The minimum atomic E-state index is -1.19. The van der Waals surface area contributed by atoms with Gasteiger partial charge < -0.3 is 25.8 Å². The molecule has 78 valence electrons. The molecular weight excluding hydrogens is 174 g/mol. The number of aliphatic hydroxyl groups excluding tert-OH is 3. The molecule has 1 rings (SSSR count). The Morgan fingerprint density at radius 2 is 1.85 bits per heavy atom. The summed E-state index contributed by atoms with van der Waals surface area (Å²) in [5.74, 6) is 0. The smallest absolute Gasteiger partial charge is 0.172 e. The highest BCUT2D eigenvalue weighted by atomic mass is 16.6. The lowest BCUT2D eigenvalue weighted by molar-refractivity contribution is -0.243. The molecular formula is C8H17NO4. The zero-order chi connectivity index (χ0) is 10.0. The maximum Gasteiger partial charge on any atom is 0.172 e. The highest BCUT2D eigenvalue weighted by Crippen LogP contribution is 2.21. The van der Waals surface area contributed by atoms with Gasteiger partial charge in [0.25, 0.3) is 0 Å². The first-order valence-electron chi connectivity index (χ1n) is 4.53. The maximum atomic E-state index is 9.49. The highest BCUT2D eigenvalue weighted by Gasteiger charge is 2.41. The van der Waals surface area contributed by atoms with Gasteiger partial charge in [0.15, 0.2) is 6.29 Å². The van der Waals surface area contributed by atoms with Crippen LogP contribution in [0.1, 0.15) is 19.8 Å². The molecule has 1 heterocycles. The summed E-state index contributed by atoms with van der Waals surface area (Å²) >= 11 is 0. The van der Waals surface area contributed by atoms with E-state index in [4.69, 9.17) is 10.5 Å². The Morgan fingerprint density at radius 1 is 1.23 bits per heavy atom. The first-order valence-corrected chi connectivity index (χ1v) is 4.53. The van der Waals surface area contributed by atoms with Crippen LogP contribution in [0, 0.1) is 0 Å². The summed E-state index contributed by atoms with van der Waals surface area (Å²) in [5, 5.41) is 28.1. The number of nitrogens with two attached hydrogens (primary N) is 1. The minimum Gasteiger partial charge on any atom is -0.388 e. The number of ether oxygens (including phenoxy) is 1. The second-order valence-electron chi connectivity index (χ2n) is 3.41. The third-order valence-corrected chi connectivity index (χ3v) is 2.34. The Labute approximate surface area is 77.1 Å². The molecule has 5 nitrogen and oxygen atoms in total. The van der Waals surface area contributed by atoms with Crippen molar-refractivity contribution >= 4 is 0 Å². The van der Waals surface area contributed by atoms with Crippen molar-refractivity contribution in [2.45, 2.75) is 50.4 Å². The summed E-state index contributed by atoms with van der Waals surface area (Å²) in [7, 11) is 0. The molecule has 0 radical (unpaired) electrons. The van der Waals surface area contributed by atoms with Gasteiger partial charge in [0.2, 0.25) is 0 Å². The normalized spacial score (nSPS) is 46.4. The van der Waals surface area contributed by atoms with Gasteiger partial charge in [0, 0.05) is 0 Å². The van der Waals surface area contributed by atoms with Crippen molar-refractivity contribution in [1.29, 1.82) is 0 Å². The molecule has 1 aliphatic rings. The van der Waals surface area contributed by atoms with Crippen molar-refractivity contribution in [2.75, 3.05) is 0 Å². The van der Waals surface area contributed by atoms with Gasteiger partial charge in [-0.2, -0.15) is 0 Å². The lowest BCUT2D eigenvalue weighted by atomic mass is 9.95. The predicted octanol–water partition coefficient (Wildman–Crippen LogP) is -1.45. The minimum absolute atomic E-state index is 0.519. The van der Waals surface area contributed by atoms with E-state index in [0.29, 0.717) is 6.42 Å². The van der Waals surface area contributed by atoms with E-state index in [1.54, 1.807) is 0 Å². The van der Waals surface area contributed by atoms with Crippen LogP contribution in [0.5, 0.6) is 0 Å². The maximum absolute atomic E-state index is 9.49. The highest BCUT2D eigenvalue weighted by molar-refractivity contribution is 4.90. The van der Waals surface area contributed by atoms with Crippen molar-refractivity contribution in [3.05, 3.63) is 0 Å². The van der Waals surface area contributed by atoms with Gasteiger partial charge in [-0.05, 0) is 6.42 Å². The van der Waals surface area contributed by atoms with E-state index in [0.717, 1.165) is 6.42 Å². The second kappa shape index (κ2) is 4.34. The summed E-state index contributed by atoms with van der Waals surface area (Å²) < 4.78 is 5.04. The Morgan fingerprint density at radius 3 is 2.38 bits per heavy atom. The average Bonchev–Trinajstić information content (AvgIpc) is 2.11. The molecule has 1 fully saturated rings. The predicted molar refractivity (Wildman–Crippen MR) is 45.8 cm³/mol. The molecule has 0 aromatic rings. The molecule has 5 N–H and O–H groups in total. The van der Waals surface area contributed by atoms with Crippen molar-refractivity contribution in [3.63, 3.8) is 0 Å². The summed E-state index contributed by atoms with van der Waals surface area (Å²) in [5.41, 5.74) is 5.39. The van der Waals surface area contributed by atoms with Gasteiger partial charge in [0.05, 0.1) is 12.1 Å². The van der Waals surface area contributed by atoms with Crippen LogP contribution in [0.2, 0.25) is 0 Å². The molecule has 0 saturated carbocycles. The fraction of sp³-hybridized carbons (Fsp3) is 1.00. The molecule has 5 heteroatoms. The summed E-state index contributed by atoms with van der Waals surface area (Å²) in [6.45, 7) is 1.93. The summed E-state index contributed by atoms with van der Waals surface area (Å²) in [6, 6.07) is -0.928. The Hall–Kier alpha value is -0.200. The topological polar surface area (TPSA) is 95.9 Å². The fourth-order valence-electron chi connectivity index (χ4n) is 1.49. The monoisotopic (exact) mass is 191 g/mol. The lowest BCUT2D eigenvalue weighted by Gasteiger charge is -2.39. The average molecular weight is 191 g/mol. The molecule has 0 spiro atoms. The molecule has 13 heavy (non-hydrogen) atoms. The largest absolute Gasteiger partial charge is 0.388 e.